The third-order valence-electron chi connectivity index (χ3n) is 10.2. The molecule has 5 aromatic rings. The van der Waals surface area contributed by atoms with Crippen LogP contribution >= 0.6 is 0 Å². The van der Waals surface area contributed by atoms with E-state index in [1.165, 1.54) is 0 Å². The molecule has 0 aliphatic carbocycles. The number of likely N-dealkylation sites (tertiary alicyclic amines) is 2. The highest BCUT2D eigenvalue weighted by Gasteiger charge is 2.33. The fourth-order valence-electron chi connectivity index (χ4n) is 7.49. The van der Waals surface area contributed by atoms with Gasteiger partial charge in [-0.3, -0.25) is 19.2 Å². The largest absolute Gasteiger partial charge is 0.493 e. The highest BCUT2D eigenvalue weighted by atomic mass is 16.5. The number of carbonyl (C=O) groups excluding carboxylic acids is 4. The summed E-state index contributed by atoms with van der Waals surface area (Å²) in [5.41, 5.74) is 3.59. The van der Waals surface area contributed by atoms with E-state index in [0.717, 1.165) is 25.7 Å². The lowest BCUT2D eigenvalue weighted by Gasteiger charge is -2.25. The highest BCUT2D eigenvalue weighted by Crippen LogP contribution is 2.30. The van der Waals surface area contributed by atoms with Crippen molar-refractivity contribution in [3.63, 3.8) is 0 Å². The Morgan fingerprint density at radius 1 is 0.614 bits per heavy atom. The molecule has 0 spiro atoms. The van der Waals surface area contributed by atoms with Crippen molar-refractivity contribution in [2.24, 2.45) is 0 Å². The van der Waals surface area contributed by atoms with Crippen LogP contribution in [-0.4, -0.2) is 82.0 Å². The van der Waals surface area contributed by atoms with Crippen LogP contribution in [0.5, 0.6) is 11.5 Å². The lowest BCUT2D eigenvalue weighted by molar-refractivity contribution is -0.117. The fourth-order valence-corrected chi connectivity index (χ4v) is 7.49. The van der Waals surface area contributed by atoms with E-state index in [2.05, 4.69) is 20.8 Å². The van der Waals surface area contributed by atoms with E-state index >= 15 is 0 Å². The Morgan fingerprint density at radius 2 is 1.02 bits per heavy atom. The number of nitrogens with zero attached hydrogens (tertiary/aromatic N) is 4. The van der Waals surface area contributed by atoms with Gasteiger partial charge in [0.05, 0.1) is 24.3 Å². The Balaban J connectivity index is 0.906. The molecule has 3 heterocycles. The van der Waals surface area contributed by atoms with E-state index in [4.69, 9.17) is 13.9 Å². The Morgan fingerprint density at radius 3 is 1.42 bits per heavy atom. The molecule has 294 valence electrons. The monoisotopic (exact) mass is 770 g/mol. The summed E-state index contributed by atoms with van der Waals surface area (Å²) in [5, 5.41) is 14.3. The average molecular weight is 771 g/mol. The normalized spacial score (nSPS) is 16.3. The quantitative estimate of drug-likeness (QED) is 0.117. The first-order valence-corrected chi connectivity index (χ1v) is 19.5. The van der Waals surface area contributed by atoms with Crippen LogP contribution in [0.25, 0.3) is 22.9 Å². The standard InChI is InChI=1S/C44H46N6O7/c1-3-55-37-15-7-5-13-35(37)43(53)49-25-9-11-33(49)27-39(51)45-31-21-17-29(18-22-31)41-47-48-42(57-41)30-19-23-32(24-20-30)46-40(52)28-34-12-10-26-50(34)44(54)36-14-6-8-16-38(36)56-4-2/h5-8,13-24,33-34H,3-4,9-12,25-28H2,1-2H3,(H,45,51)(H,46,52)/t33-,34-/m0/s1. The zero-order valence-corrected chi connectivity index (χ0v) is 32.1. The second kappa shape index (κ2) is 18.0. The van der Waals surface area contributed by atoms with Crippen molar-refractivity contribution in [2.75, 3.05) is 36.9 Å². The predicted octanol–water partition coefficient (Wildman–Crippen LogP) is 7.47. The van der Waals surface area contributed by atoms with E-state index in [1.54, 1.807) is 82.6 Å². The molecule has 13 nitrogen and oxygen atoms in total. The molecular formula is C44H46N6O7. The van der Waals surface area contributed by atoms with Gasteiger partial charge in [0.1, 0.15) is 11.5 Å². The zero-order chi connectivity index (χ0) is 39.7. The van der Waals surface area contributed by atoms with Crippen molar-refractivity contribution in [1.82, 2.24) is 20.0 Å². The number of aromatic nitrogens is 2. The van der Waals surface area contributed by atoms with Crippen LogP contribution in [0, 0.1) is 0 Å². The molecule has 57 heavy (non-hydrogen) atoms. The van der Waals surface area contributed by atoms with Crippen molar-refractivity contribution in [3.05, 3.63) is 108 Å². The van der Waals surface area contributed by atoms with Gasteiger partial charge in [-0.15, -0.1) is 10.2 Å². The van der Waals surface area contributed by atoms with Crippen molar-refractivity contribution in [1.29, 1.82) is 0 Å². The van der Waals surface area contributed by atoms with E-state index in [0.29, 0.717) is 83.2 Å². The minimum Gasteiger partial charge on any atom is -0.493 e. The summed E-state index contributed by atoms with van der Waals surface area (Å²) >= 11 is 0. The average Bonchev–Trinajstić information content (AvgIpc) is 4.01. The Bertz CT molecular complexity index is 2050. The Labute approximate surface area is 331 Å². The number of nitrogens with one attached hydrogen (secondary N) is 2. The van der Waals surface area contributed by atoms with Crippen LogP contribution in [0.4, 0.5) is 11.4 Å². The van der Waals surface area contributed by atoms with Gasteiger partial charge in [0, 0.05) is 60.5 Å². The first kappa shape index (κ1) is 38.8. The molecule has 2 N–H and O–H groups in total. The molecule has 1 aromatic heterocycles. The first-order valence-electron chi connectivity index (χ1n) is 19.5. The molecule has 7 rings (SSSR count). The topological polar surface area (TPSA) is 156 Å². The molecular weight excluding hydrogens is 725 g/mol. The minimum atomic E-state index is -0.205. The number of amides is 4. The van der Waals surface area contributed by atoms with Gasteiger partial charge in [0.2, 0.25) is 23.6 Å². The maximum Gasteiger partial charge on any atom is 0.257 e. The van der Waals surface area contributed by atoms with Crippen molar-refractivity contribution < 1.29 is 33.1 Å². The van der Waals surface area contributed by atoms with Crippen LogP contribution in [0.2, 0.25) is 0 Å². The molecule has 0 unspecified atom stereocenters. The van der Waals surface area contributed by atoms with Crippen molar-refractivity contribution in [3.8, 4) is 34.4 Å². The summed E-state index contributed by atoms with van der Waals surface area (Å²) in [4.78, 5) is 56.5. The minimum absolute atomic E-state index is 0.126. The summed E-state index contributed by atoms with van der Waals surface area (Å²) in [6.45, 7) is 5.86. The van der Waals surface area contributed by atoms with Crippen molar-refractivity contribution in [2.45, 2.75) is 64.5 Å². The molecule has 2 aliphatic rings. The van der Waals surface area contributed by atoms with Gasteiger partial charge in [-0.1, -0.05) is 24.3 Å². The Kier molecular flexibility index (Phi) is 12.2. The van der Waals surface area contributed by atoms with Gasteiger partial charge in [-0.2, -0.15) is 0 Å². The van der Waals surface area contributed by atoms with Gasteiger partial charge < -0.3 is 34.3 Å². The van der Waals surface area contributed by atoms with E-state index in [-0.39, 0.29) is 48.6 Å². The Hall–Kier alpha value is -6.50. The maximum absolute atomic E-state index is 13.4. The molecule has 0 radical (unpaired) electrons. The van der Waals surface area contributed by atoms with Crippen LogP contribution in [-0.2, 0) is 9.59 Å². The van der Waals surface area contributed by atoms with Gasteiger partial charge in [-0.05, 0) is 112 Å². The number of carbonyl (C=O) groups is 4. The van der Waals surface area contributed by atoms with Crippen molar-refractivity contribution >= 4 is 35.0 Å². The summed E-state index contributed by atoms with van der Waals surface area (Å²) in [7, 11) is 0. The molecule has 2 atom stereocenters. The second-order valence-electron chi connectivity index (χ2n) is 14.0. The zero-order valence-electron chi connectivity index (χ0n) is 32.1. The second-order valence-corrected chi connectivity index (χ2v) is 14.0. The SMILES string of the molecule is CCOc1ccccc1C(=O)N1CCC[C@H]1CC(=O)Nc1ccc(-c2nnc(-c3ccc(NC(=O)C[C@@H]4CCCN4C(=O)c4ccccc4OCC)cc3)o2)cc1. The number of rotatable bonds is 14. The smallest absolute Gasteiger partial charge is 0.257 e. The highest BCUT2D eigenvalue weighted by molar-refractivity contribution is 5.99. The molecule has 13 heteroatoms. The van der Waals surface area contributed by atoms with E-state index in [1.807, 2.05) is 38.1 Å². The first-order chi connectivity index (χ1) is 27.8. The number of hydrogen-bond donors (Lipinski definition) is 2. The number of hydrogen-bond acceptors (Lipinski definition) is 9. The fraction of sp³-hybridized carbons (Fsp3) is 0.318. The number of anilines is 2. The molecule has 4 aromatic carbocycles. The summed E-state index contributed by atoms with van der Waals surface area (Å²) in [5.74, 6) is 1.11. The number of ether oxygens (including phenoxy) is 2. The number of benzene rings is 4. The molecule has 0 bridgehead atoms. The lowest BCUT2D eigenvalue weighted by atomic mass is 10.1. The maximum atomic E-state index is 13.4. The molecule has 2 saturated heterocycles. The lowest BCUT2D eigenvalue weighted by Crippen LogP contribution is -2.38. The molecule has 2 fully saturated rings. The van der Waals surface area contributed by atoms with Crippen LogP contribution < -0.4 is 20.1 Å². The third-order valence-corrected chi connectivity index (χ3v) is 10.2. The number of para-hydroxylation sites is 2. The van der Waals surface area contributed by atoms with Crippen LogP contribution in [0.15, 0.2) is 101 Å². The van der Waals surface area contributed by atoms with Gasteiger partial charge >= 0.3 is 0 Å². The summed E-state index contributed by atoms with van der Waals surface area (Å²) in [6, 6.07) is 28.2. The van der Waals surface area contributed by atoms with Gasteiger partial charge in [0.25, 0.3) is 11.8 Å². The van der Waals surface area contributed by atoms with E-state index < -0.39 is 0 Å². The third kappa shape index (κ3) is 9.15. The molecule has 4 amide bonds. The van der Waals surface area contributed by atoms with E-state index in [9.17, 15) is 19.2 Å². The van der Waals surface area contributed by atoms with Gasteiger partial charge in [0.15, 0.2) is 0 Å². The van der Waals surface area contributed by atoms with Gasteiger partial charge in [-0.25, -0.2) is 0 Å². The molecule has 2 aliphatic heterocycles. The predicted molar refractivity (Wildman–Crippen MR) is 215 cm³/mol. The summed E-state index contributed by atoms with van der Waals surface area (Å²) < 4.78 is 17.3. The van der Waals surface area contributed by atoms with Crippen LogP contribution in [0.3, 0.4) is 0 Å². The van der Waals surface area contributed by atoms with Crippen LogP contribution in [0.1, 0.15) is 73.1 Å². The molecule has 0 saturated carbocycles. The summed E-state index contributed by atoms with van der Waals surface area (Å²) in [6.07, 6.45) is 3.53.